The molecule has 0 unspecified atom stereocenters. The minimum absolute atomic E-state index is 0.428. The summed E-state index contributed by atoms with van der Waals surface area (Å²) in [6.07, 6.45) is 1.30. The van der Waals surface area contributed by atoms with Gasteiger partial charge in [0.15, 0.2) is 0 Å². The molecule has 0 aliphatic heterocycles. The summed E-state index contributed by atoms with van der Waals surface area (Å²) in [6, 6.07) is 0. The fourth-order valence-corrected chi connectivity index (χ4v) is 1.70. The molecule has 0 spiro atoms. The second-order valence-electron chi connectivity index (χ2n) is 4.87. The molecule has 0 amide bonds. The van der Waals surface area contributed by atoms with Crippen molar-refractivity contribution in [3.8, 4) is 0 Å². The van der Waals surface area contributed by atoms with E-state index in [0.29, 0.717) is 5.41 Å². The molecule has 0 fully saturated rings. The van der Waals surface area contributed by atoms with Crippen molar-refractivity contribution in [2.45, 2.75) is 41.0 Å². The minimum atomic E-state index is 0.428. The lowest BCUT2D eigenvalue weighted by Gasteiger charge is -2.29. The number of thioether (sulfide) groups is 1. The van der Waals surface area contributed by atoms with E-state index in [1.807, 2.05) is 11.8 Å². The highest BCUT2D eigenvalue weighted by Gasteiger charge is 2.21. The van der Waals surface area contributed by atoms with Gasteiger partial charge in [0.2, 0.25) is 0 Å². The van der Waals surface area contributed by atoms with Gasteiger partial charge in [0.25, 0.3) is 0 Å². The first-order chi connectivity index (χ1) is 6.50. The fourth-order valence-electron chi connectivity index (χ4n) is 1.06. The van der Waals surface area contributed by atoms with Crippen LogP contribution in [0.2, 0.25) is 0 Å². The van der Waals surface area contributed by atoms with Gasteiger partial charge in [0, 0.05) is 6.54 Å². The van der Waals surface area contributed by atoms with E-state index in [-0.39, 0.29) is 0 Å². The predicted octanol–water partition coefficient (Wildman–Crippen LogP) is 3.40. The summed E-state index contributed by atoms with van der Waals surface area (Å²) in [5.41, 5.74) is 0.428. The molecule has 0 rings (SSSR count). The molecule has 0 heterocycles. The van der Waals surface area contributed by atoms with E-state index in [1.54, 1.807) is 0 Å². The first kappa shape index (κ1) is 14.3. The maximum atomic E-state index is 3.55. The van der Waals surface area contributed by atoms with Crippen LogP contribution in [0, 0.1) is 11.3 Å². The van der Waals surface area contributed by atoms with Crippen molar-refractivity contribution in [3.05, 3.63) is 0 Å². The van der Waals surface area contributed by atoms with Crippen LogP contribution in [0.15, 0.2) is 0 Å². The Morgan fingerprint density at radius 3 is 2.43 bits per heavy atom. The van der Waals surface area contributed by atoms with Gasteiger partial charge in [0.1, 0.15) is 0 Å². The Balaban J connectivity index is 3.35. The molecule has 0 saturated carbocycles. The second-order valence-corrected chi connectivity index (χ2v) is 6.26. The number of nitrogens with one attached hydrogen (secondary N) is 1. The van der Waals surface area contributed by atoms with Gasteiger partial charge < -0.3 is 5.32 Å². The van der Waals surface area contributed by atoms with Crippen molar-refractivity contribution < 1.29 is 0 Å². The van der Waals surface area contributed by atoms with Gasteiger partial charge in [-0.3, -0.25) is 0 Å². The second kappa shape index (κ2) is 7.58. The Kier molecular flexibility index (Phi) is 7.75. The summed E-state index contributed by atoms with van der Waals surface area (Å²) in [5, 5.41) is 3.55. The van der Waals surface area contributed by atoms with E-state index in [1.165, 1.54) is 24.5 Å². The van der Waals surface area contributed by atoms with E-state index >= 15 is 0 Å². The van der Waals surface area contributed by atoms with Gasteiger partial charge in [-0.25, -0.2) is 0 Å². The van der Waals surface area contributed by atoms with Gasteiger partial charge in [-0.15, -0.1) is 0 Å². The van der Waals surface area contributed by atoms with Gasteiger partial charge >= 0.3 is 0 Å². The molecule has 86 valence electrons. The molecule has 0 aliphatic carbocycles. The van der Waals surface area contributed by atoms with Crippen molar-refractivity contribution in [3.63, 3.8) is 0 Å². The third-order valence-electron chi connectivity index (χ3n) is 2.99. The van der Waals surface area contributed by atoms with Gasteiger partial charge in [-0.05, 0) is 35.8 Å². The summed E-state index contributed by atoms with van der Waals surface area (Å²) >= 11 is 2.03. The molecule has 0 aliphatic rings. The number of rotatable bonds is 8. The van der Waals surface area contributed by atoms with Crippen LogP contribution in [-0.4, -0.2) is 24.6 Å². The van der Waals surface area contributed by atoms with Crippen LogP contribution >= 0.6 is 11.8 Å². The fraction of sp³-hybridized carbons (Fsp3) is 1.00. The van der Waals surface area contributed by atoms with Crippen LogP contribution in [0.1, 0.15) is 41.0 Å². The molecule has 14 heavy (non-hydrogen) atoms. The van der Waals surface area contributed by atoms with E-state index in [4.69, 9.17) is 0 Å². The summed E-state index contributed by atoms with van der Waals surface area (Å²) in [5.74, 6) is 3.29. The highest BCUT2D eigenvalue weighted by atomic mass is 32.2. The van der Waals surface area contributed by atoms with Crippen LogP contribution in [-0.2, 0) is 0 Å². The molecule has 2 heteroatoms. The minimum Gasteiger partial charge on any atom is -0.316 e. The van der Waals surface area contributed by atoms with Crippen molar-refractivity contribution in [1.82, 2.24) is 5.32 Å². The van der Waals surface area contributed by atoms with Crippen molar-refractivity contribution in [2.24, 2.45) is 11.3 Å². The average molecular weight is 217 g/mol. The zero-order valence-electron chi connectivity index (χ0n) is 10.5. The molecule has 1 nitrogen and oxygen atoms in total. The van der Waals surface area contributed by atoms with Crippen molar-refractivity contribution in [2.75, 3.05) is 24.6 Å². The Labute approximate surface area is 94.4 Å². The molecule has 0 aromatic carbocycles. The molecule has 0 bridgehead atoms. The van der Waals surface area contributed by atoms with Crippen LogP contribution in [0.25, 0.3) is 0 Å². The first-order valence-electron chi connectivity index (χ1n) is 5.79. The molecule has 0 saturated heterocycles. The SMILES string of the molecule is CCSCCCNCC(C)(C)C(C)C. The summed E-state index contributed by atoms with van der Waals surface area (Å²) < 4.78 is 0. The number of hydrogen-bond donors (Lipinski definition) is 1. The molecule has 0 aromatic rings. The maximum absolute atomic E-state index is 3.55. The highest BCUT2D eigenvalue weighted by Crippen LogP contribution is 2.24. The van der Waals surface area contributed by atoms with Crippen molar-refractivity contribution >= 4 is 11.8 Å². The van der Waals surface area contributed by atoms with E-state index in [0.717, 1.165) is 12.5 Å². The third-order valence-corrected chi connectivity index (χ3v) is 3.98. The Morgan fingerprint density at radius 2 is 1.93 bits per heavy atom. The van der Waals surface area contributed by atoms with Gasteiger partial charge in [-0.2, -0.15) is 11.8 Å². The van der Waals surface area contributed by atoms with Gasteiger partial charge in [-0.1, -0.05) is 34.6 Å². The van der Waals surface area contributed by atoms with E-state index < -0.39 is 0 Å². The topological polar surface area (TPSA) is 12.0 Å². The zero-order chi connectivity index (χ0) is 11.0. The lowest BCUT2D eigenvalue weighted by atomic mass is 9.81. The predicted molar refractivity (Wildman–Crippen MR) is 69.1 cm³/mol. The Morgan fingerprint density at radius 1 is 1.29 bits per heavy atom. The summed E-state index contributed by atoms with van der Waals surface area (Å²) in [6.45, 7) is 13.8. The Bertz CT molecular complexity index is 132. The molecule has 1 N–H and O–H groups in total. The zero-order valence-corrected chi connectivity index (χ0v) is 11.3. The molecule has 0 aromatic heterocycles. The molecular weight excluding hydrogens is 190 g/mol. The summed E-state index contributed by atoms with van der Waals surface area (Å²) in [4.78, 5) is 0. The Hall–Kier alpha value is 0.310. The average Bonchev–Trinajstić information content (AvgIpc) is 2.10. The standard InChI is InChI=1S/C12H27NS/c1-6-14-9-7-8-13-10-12(4,5)11(2)3/h11,13H,6-10H2,1-5H3. The maximum Gasteiger partial charge on any atom is 0.000497 e. The molecular formula is C12H27NS. The van der Waals surface area contributed by atoms with Crippen molar-refractivity contribution in [1.29, 1.82) is 0 Å². The lowest BCUT2D eigenvalue weighted by molar-refractivity contribution is 0.239. The summed E-state index contributed by atoms with van der Waals surface area (Å²) in [7, 11) is 0. The van der Waals surface area contributed by atoms with E-state index in [2.05, 4.69) is 39.9 Å². The van der Waals surface area contributed by atoms with Crippen LogP contribution in [0.4, 0.5) is 0 Å². The largest absolute Gasteiger partial charge is 0.316 e. The molecule has 0 radical (unpaired) electrons. The quantitative estimate of drug-likeness (QED) is 0.625. The monoisotopic (exact) mass is 217 g/mol. The first-order valence-corrected chi connectivity index (χ1v) is 6.94. The van der Waals surface area contributed by atoms with Gasteiger partial charge in [0.05, 0.1) is 0 Å². The van der Waals surface area contributed by atoms with Crippen LogP contribution in [0.3, 0.4) is 0 Å². The third kappa shape index (κ3) is 6.72. The van der Waals surface area contributed by atoms with E-state index in [9.17, 15) is 0 Å². The normalized spacial score (nSPS) is 12.4. The smallest absolute Gasteiger partial charge is 0.000497 e. The number of hydrogen-bond acceptors (Lipinski definition) is 2. The molecule has 0 atom stereocenters. The van der Waals surface area contributed by atoms with Crippen LogP contribution < -0.4 is 5.32 Å². The highest BCUT2D eigenvalue weighted by molar-refractivity contribution is 7.99. The lowest BCUT2D eigenvalue weighted by Crippen LogP contribution is -2.34. The van der Waals surface area contributed by atoms with Crippen LogP contribution in [0.5, 0.6) is 0 Å².